The zero-order valence-electron chi connectivity index (χ0n) is 13.4. The summed E-state index contributed by atoms with van der Waals surface area (Å²) in [6, 6.07) is 0. The third-order valence-electron chi connectivity index (χ3n) is 4.97. The minimum Gasteiger partial charge on any atom is -0.370 e. The van der Waals surface area contributed by atoms with Gasteiger partial charge >= 0.3 is 0 Å². The molecule has 0 unspecified atom stereocenters. The Morgan fingerprint density at radius 1 is 1.19 bits per heavy atom. The fraction of sp³-hybridized carbons (Fsp3) is 0.765. The lowest BCUT2D eigenvalue weighted by Gasteiger charge is -2.35. The Morgan fingerprint density at radius 2 is 2.00 bits per heavy atom. The van der Waals surface area contributed by atoms with E-state index in [9.17, 15) is 0 Å². The molecule has 0 bridgehead atoms. The number of methoxy groups -OCH3 is 1. The van der Waals surface area contributed by atoms with Gasteiger partial charge in [0.05, 0.1) is 5.69 Å². The number of nitrogens with one attached hydrogen (secondary N) is 1. The monoisotopic (exact) mass is 289 g/mol. The topological polar surface area (TPSA) is 47.0 Å². The van der Waals surface area contributed by atoms with Gasteiger partial charge in [0, 0.05) is 37.9 Å². The molecule has 1 N–H and O–H groups in total. The molecule has 1 saturated carbocycles. The van der Waals surface area contributed by atoms with Crippen molar-refractivity contribution in [3.05, 3.63) is 22.8 Å². The summed E-state index contributed by atoms with van der Waals surface area (Å²) in [6.45, 7) is 4.16. The molecule has 1 aliphatic carbocycles. The van der Waals surface area contributed by atoms with Gasteiger partial charge < -0.3 is 10.1 Å². The third-order valence-corrected chi connectivity index (χ3v) is 4.97. The number of ether oxygens (including phenoxy) is 1. The van der Waals surface area contributed by atoms with Gasteiger partial charge in [-0.15, -0.1) is 0 Å². The van der Waals surface area contributed by atoms with Crippen LogP contribution in [0.5, 0.6) is 0 Å². The Morgan fingerprint density at radius 3 is 2.71 bits per heavy atom. The number of hydrogen-bond donors (Lipinski definition) is 1. The molecule has 2 aliphatic rings. The van der Waals surface area contributed by atoms with E-state index in [4.69, 9.17) is 14.7 Å². The van der Waals surface area contributed by atoms with E-state index in [1.807, 2.05) is 7.11 Å². The molecule has 0 radical (unpaired) electrons. The minimum atomic E-state index is -0.235. The Kier molecular flexibility index (Phi) is 4.55. The van der Waals surface area contributed by atoms with Crippen molar-refractivity contribution in [2.45, 2.75) is 70.4 Å². The molecule has 1 aliphatic heterocycles. The van der Waals surface area contributed by atoms with Crippen molar-refractivity contribution in [1.29, 1.82) is 0 Å². The Labute approximate surface area is 127 Å². The lowest BCUT2D eigenvalue weighted by molar-refractivity contribution is -0.0518. The summed E-state index contributed by atoms with van der Waals surface area (Å²) in [5, 5.41) is 3.45. The summed E-state index contributed by atoms with van der Waals surface area (Å²) < 4.78 is 5.95. The van der Waals surface area contributed by atoms with Crippen molar-refractivity contribution >= 4 is 0 Å². The van der Waals surface area contributed by atoms with Crippen LogP contribution in [0.15, 0.2) is 0 Å². The van der Waals surface area contributed by atoms with Gasteiger partial charge in [0.2, 0.25) is 0 Å². The van der Waals surface area contributed by atoms with E-state index in [0.29, 0.717) is 0 Å². The molecule has 0 saturated heterocycles. The van der Waals surface area contributed by atoms with Crippen LogP contribution >= 0.6 is 0 Å². The Hall–Kier alpha value is -1.00. The molecule has 1 aromatic rings. The number of rotatable bonds is 4. The average Bonchev–Trinajstić information content (AvgIpc) is 2.55. The lowest BCUT2D eigenvalue weighted by atomic mass is 9.83. The van der Waals surface area contributed by atoms with Crippen LogP contribution in [0.25, 0.3) is 0 Å². The Balaban J connectivity index is 2.03. The molecule has 0 atom stereocenters. The third kappa shape index (κ3) is 2.84. The van der Waals surface area contributed by atoms with Crippen LogP contribution in [-0.4, -0.2) is 23.6 Å². The number of aromatic nitrogens is 2. The molecule has 0 aromatic carbocycles. The number of aryl methyl sites for hydroxylation is 1. The van der Waals surface area contributed by atoms with Crippen LogP contribution in [0.4, 0.5) is 0 Å². The van der Waals surface area contributed by atoms with Crippen LogP contribution in [-0.2, 0) is 29.7 Å². The van der Waals surface area contributed by atoms with Crippen molar-refractivity contribution in [3.8, 4) is 0 Å². The maximum absolute atomic E-state index is 5.95. The molecule has 4 nitrogen and oxygen atoms in total. The van der Waals surface area contributed by atoms with Gasteiger partial charge in [-0.05, 0) is 19.3 Å². The van der Waals surface area contributed by atoms with Crippen LogP contribution in [0.1, 0.15) is 68.2 Å². The molecule has 116 valence electrons. The summed E-state index contributed by atoms with van der Waals surface area (Å²) in [5.74, 6) is 0.953. The second-order valence-corrected chi connectivity index (χ2v) is 6.36. The predicted octanol–water partition coefficient (Wildman–Crippen LogP) is 2.88. The van der Waals surface area contributed by atoms with Crippen molar-refractivity contribution in [1.82, 2.24) is 15.3 Å². The molecule has 0 amide bonds. The number of hydrogen-bond acceptors (Lipinski definition) is 4. The molecule has 21 heavy (non-hydrogen) atoms. The van der Waals surface area contributed by atoms with Crippen molar-refractivity contribution < 1.29 is 4.74 Å². The van der Waals surface area contributed by atoms with E-state index in [2.05, 4.69) is 12.2 Å². The van der Waals surface area contributed by atoms with Gasteiger partial charge in [-0.3, -0.25) is 0 Å². The molecule has 4 heteroatoms. The number of fused-ring (bicyclic) bond motifs is 1. The summed E-state index contributed by atoms with van der Waals surface area (Å²) in [5.41, 5.74) is 3.60. The van der Waals surface area contributed by atoms with Crippen LogP contribution in [0.3, 0.4) is 0 Å². The molecule has 1 aromatic heterocycles. The van der Waals surface area contributed by atoms with Gasteiger partial charge in [-0.1, -0.05) is 32.6 Å². The zero-order valence-corrected chi connectivity index (χ0v) is 13.4. The number of nitrogens with zero attached hydrogens (tertiary/aromatic N) is 2. The fourth-order valence-electron chi connectivity index (χ4n) is 3.70. The van der Waals surface area contributed by atoms with Gasteiger partial charge in [-0.25, -0.2) is 9.97 Å². The van der Waals surface area contributed by atoms with Crippen LogP contribution in [0.2, 0.25) is 0 Å². The second kappa shape index (κ2) is 6.41. The Bertz CT molecular complexity index is 495. The minimum absolute atomic E-state index is 0.235. The fourth-order valence-corrected chi connectivity index (χ4v) is 3.70. The predicted molar refractivity (Wildman–Crippen MR) is 83.2 cm³/mol. The highest BCUT2D eigenvalue weighted by molar-refractivity contribution is 5.30. The van der Waals surface area contributed by atoms with E-state index in [-0.39, 0.29) is 5.60 Å². The smallest absolute Gasteiger partial charge is 0.160 e. The van der Waals surface area contributed by atoms with Gasteiger partial charge in [-0.2, -0.15) is 0 Å². The standard InChI is InChI=1S/C17H27N3O/c1-3-7-14-13-12-18-11-8-15(13)20-16(19-14)17(21-2)9-5-4-6-10-17/h18H,3-12H2,1-2H3. The van der Waals surface area contributed by atoms with Gasteiger partial charge in [0.25, 0.3) is 0 Å². The maximum Gasteiger partial charge on any atom is 0.160 e. The first-order valence-corrected chi connectivity index (χ1v) is 8.44. The van der Waals surface area contributed by atoms with E-state index < -0.39 is 0 Å². The lowest BCUT2D eigenvalue weighted by Crippen LogP contribution is -2.36. The van der Waals surface area contributed by atoms with Crippen molar-refractivity contribution in [3.63, 3.8) is 0 Å². The normalized spacial score (nSPS) is 21.0. The van der Waals surface area contributed by atoms with Crippen molar-refractivity contribution in [2.75, 3.05) is 13.7 Å². The molecule has 3 rings (SSSR count). The highest BCUT2D eigenvalue weighted by atomic mass is 16.5. The van der Waals surface area contributed by atoms with E-state index in [1.165, 1.54) is 36.2 Å². The first kappa shape index (κ1) is 14.9. The van der Waals surface area contributed by atoms with Crippen LogP contribution in [0, 0.1) is 0 Å². The first-order valence-electron chi connectivity index (χ1n) is 8.44. The zero-order chi connectivity index (χ0) is 14.7. The maximum atomic E-state index is 5.95. The second-order valence-electron chi connectivity index (χ2n) is 6.36. The van der Waals surface area contributed by atoms with Crippen molar-refractivity contribution in [2.24, 2.45) is 0 Å². The summed E-state index contributed by atoms with van der Waals surface area (Å²) in [7, 11) is 1.83. The quantitative estimate of drug-likeness (QED) is 0.926. The molecule has 1 fully saturated rings. The SMILES string of the molecule is CCCc1nc(C2(OC)CCCCC2)nc2c1CNCC2. The molecule has 2 heterocycles. The van der Waals surface area contributed by atoms with Crippen LogP contribution < -0.4 is 5.32 Å². The average molecular weight is 289 g/mol. The van der Waals surface area contributed by atoms with E-state index in [1.54, 1.807) is 0 Å². The highest BCUT2D eigenvalue weighted by Crippen LogP contribution is 2.39. The largest absolute Gasteiger partial charge is 0.370 e. The summed E-state index contributed by atoms with van der Waals surface area (Å²) in [4.78, 5) is 9.91. The summed E-state index contributed by atoms with van der Waals surface area (Å²) in [6.07, 6.45) is 9.06. The summed E-state index contributed by atoms with van der Waals surface area (Å²) >= 11 is 0. The highest BCUT2D eigenvalue weighted by Gasteiger charge is 2.37. The molecule has 0 spiro atoms. The molecular weight excluding hydrogens is 262 g/mol. The van der Waals surface area contributed by atoms with E-state index in [0.717, 1.165) is 51.0 Å². The van der Waals surface area contributed by atoms with E-state index >= 15 is 0 Å². The van der Waals surface area contributed by atoms with Gasteiger partial charge in [0.15, 0.2) is 5.82 Å². The molecular formula is C17H27N3O. The van der Waals surface area contributed by atoms with Gasteiger partial charge in [0.1, 0.15) is 5.60 Å². The first-order chi connectivity index (χ1) is 10.3.